The van der Waals surface area contributed by atoms with Crippen molar-refractivity contribution in [3.8, 4) is 34.4 Å². The summed E-state index contributed by atoms with van der Waals surface area (Å²) in [7, 11) is 0. The molecule has 2 aromatic heterocycles. The number of aromatic nitrogens is 2. The van der Waals surface area contributed by atoms with E-state index in [-0.39, 0.29) is 29.9 Å². The lowest BCUT2D eigenvalue weighted by atomic mass is 9.87. The summed E-state index contributed by atoms with van der Waals surface area (Å²) in [5.41, 5.74) is 7.37. The van der Waals surface area contributed by atoms with E-state index in [2.05, 4.69) is 70.8 Å². The Bertz CT molecular complexity index is 2390. The lowest BCUT2D eigenvalue weighted by Crippen LogP contribution is -2.32. The SMILES string of the molecule is Cc1oc(-c2ccc(C(C)(C)C)cc2)nc1CCO.Cc1oc(-c2ccc(C(C)(C)C)cc2)nc1CCOc1ccc(C[C@@H]2CN(C(=O)Oc3ccccc3)C[C@@H]2C(=O)O)cc1. The van der Waals surface area contributed by atoms with E-state index in [1.54, 1.807) is 24.3 Å². The number of rotatable bonds is 12. The van der Waals surface area contributed by atoms with Crippen LogP contribution in [0.4, 0.5) is 4.79 Å². The molecule has 0 saturated carbocycles. The fourth-order valence-corrected chi connectivity index (χ4v) is 7.35. The van der Waals surface area contributed by atoms with Gasteiger partial charge in [0, 0.05) is 43.7 Å². The third-order valence-corrected chi connectivity index (χ3v) is 11.1. The molecule has 11 heteroatoms. The van der Waals surface area contributed by atoms with Crippen molar-refractivity contribution < 1.29 is 38.1 Å². The molecule has 0 spiro atoms. The molecule has 0 aliphatic carbocycles. The zero-order chi connectivity index (χ0) is 44.6. The van der Waals surface area contributed by atoms with Gasteiger partial charge in [0.15, 0.2) is 0 Å². The Morgan fingerprint density at radius 3 is 1.69 bits per heavy atom. The fourth-order valence-electron chi connectivity index (χ4n) is 7.35. The first kappa shape index (κ1) is 45.3. The van der Waals surface area contributed by atoms with Gasteiger partial charge in [0.2, 0.25) is 11.8 Å². The van der Waals surface area contributed by atoms with Gasteiger partial charge in [-0.2, -0.15) is 0 Å². The number of aliphatic hydroxyl groups excluding tert-OH is 1. The molecule has 326 valence electrons. The zero-order valence-electron chi connectivity index (χ0n) is 37.1. The second-order valence-corrected chi connectivity index (χ2v) is 17.9. The monoisotopic (exact) mass is 841 g/mol. The number of likely N-dealkylation sites (tertiary alicyclic amines) is 1. The van der Waals surface area contributed by atoms with Gasteiger partial charge in [0.1, 0.15) is 23.0 Å². The van der Waals surface area contributed by atoms with Crippen LogP contribution in [0.1, 0.15) is 81.1 Å². The number of aryl methyl sites for hydroxylation is 2. The van der Waals surface area contributed by atoms with E-state index in [0.717, 1.165) is 45.3 Å². The minimum absolute atomic E-state index is 0.0862. The van der Waals surface area contributed by atoms with E-state index < -0.39 is 18.0 Å². The molecule has 1 aliphatic rings. The molecule has 2 N–H and O–H groups in total. The number of benzene rings is 4. The number of aliphatic hydroxyl groups is 1. The van der Waals surface area contributed by atoms with E-state index in [4.69, 9.17) is 28.4 Å². The average molecular weight is 842 g/mol. The highest BCUT2D eigenvalue weighted by atomic mass is 16.6. The molecule has 0 bridgehead atoms. The van der Waals surface area contributed by atoms with Crippen molar-refractivity contribution in [2.24, 2.45) is 11.8 Å². The molecule has 1 amide bonds. The molecular weight excluding hydrogens is 783 g/mol. The van der Waals surface area contributed by atoms with Crippen LogP contribution >= 0.6 is 0 Å². The molecule has 62 heavy (non-hydrogen) atoms. The summed E-state index contributed by atoms with van der Waals surface area (Å²) in [5, 5.41) is 18.8. The standard InChI is InChI=1S/C35H38N2O6.C16H21NO2/c1-23-31(36-32(42-23)25-12-14-27(15-13-25)35(2,3)4)18-19-41-28-16-10-24(11-17-28)20-26-21-37(22-30(26)33(38)39)34(40)43-29-8-6-5-7-9-29;1-11-14(9-10-18)17-15(19-11)12-5-7-13(8-6-12)16(2,3)4/h5-17,26,30H,18-22H2,1-4H3,(H,38,39);5-8,18H,9-10H2,1-4H3/t26-,30+;/m1./s1. The molecular formula is C51H59N3O8. The predicted octanol–water partition coefficient (Wildman–Crippen LogP) is 10.4. The smallest absolute Gasteiger partial charge is 0.415 e. The molecule has 0 radical (unpaired) electrons. The molecule has 4 aromatic carbocycles. The molecule has 0 unspecified atom stereocenters. The topological polar surface area (TPSA) is 148 Å². The van der Waals surface area contributed by atoms with Gasteiger partial charge in [-0.05, 0) is 102 Å². The zero-order valence-corrected chi connectivity index (χ0v) is 37.1. The Kier molecular flexibility index (Phi) is 14.4. The molecule has 7 rings (SSSR count). The number of ether oxygens (including phenoxy) is 2. The number of hydrogen-bond acceptors (Lipinski definition) is 9. The maximum absolute atomic E-state index is 12.7. The summed E-state index contributed by atoms with van der Waals surface area (Å²) in [6, 6.07) is 33.1. The number of carbonyl (C=O) groups is 2. The number of carboxylic acid groups (broad SMARTS) is 1. The third-order valence-electron chi connectivity index (χ3n) is 11.1. The Labute approximate surface area is 364 Å². The Balaban J connectivity index is 0.000000281. The Morgan fingerprint density at radius 2 is 1.21 bits per heavy atom. The first-order valence-corrected chi connectivity index (χ1v) is 21.2. The highest BCUT2D eigenvalue weighted by Crippen LogP contribution is 2.31. The normalized spacial score (nSPS) is 15.2. The van der Waals surface area contributed by atoms with Gasteiger partial charge in [0.05, 0.1) is 23.9 Å². The Morgan fingerprint density at radius 1 is 0.694 bits per heavy atom. The summed E-state index contributed by atoms with van der Waals surface area (Å²) in [6.07, 6.45) is 1.14. The second-order valence-electron chi connectivity index (χ2n) is 17.9. The van der Waals surface area contributed by atoms with Crippen molar-refractivity contribution in [1.82, 2.24) is 14.9 Å². The largest absolute Gasteiger partial charge is 0.493 e. The summed E-state index contributed by atoms with van der Waals surface area (Å²) in [4.78, 5) is 35.2. The summed E-state index contributed by atoms with van der Waals surface area (Å²) in [5.74, 6) is 2.16. The predicted molar refractivity (Wildman–Crippen MR) is 240 cm³/mol. The van der Waals surface area contributed by atoms with Gasteiger partial charge >= 0.3 is 12.1 Å². The van der Waals surface area contributed by atoms with Gasteiger partial charge in [-0.3, -0.25) is 4.79 Å². The van der Waals surface area contributed by atoms with E-state index in [0.29, 0.717) is 49.9 Å². The van der Waals surface area contributed by atoms with Crippen LogP contribution in [-0.2, 0) is 34.9 Å². The van der Waals surface area contributed by atoms with Crippen LogP contribution in [0.2, 0.25) is 0 Å². The number of aliphatic carboxylic acids is 1. The molecule has 1 fully saturated rings. The van der Waals surface area contributed by atoms with E-state index >= 15 is 0 Å². The summed E-state index contributed by atoms with van der Waals surface area (Å²) < 4.78 is 23.0. The highest BCUT2D eigenvalue weighted by molar-refractivity contribution is 5.76. The van der Waals surface area contributed by atoms with Crippen LogP contribution in [-0.4, -0.2) is 63.4 Å². The maximum atomic E-state index is 12.7. The second kappa shape index (κ2) is 19.7. The lowest BCUT2D eigenvalue weighted by molar-refractivity contribution is -0.142. The first-order chi connectivity index (χ1) is 29.5. The first-order valence-electron chi connectivity index (χ1n) is 21.2. The molecule has 11 nitrogen and oxygen atoms in total. The number of amides is 1. The molecule has 2 atom stereocenters. The van der Waals surface area contributed by atoms with E-state index in [9.17, 15) is 14.7 Å². The van der Waals surface area contributed by atoms with Crippen LogP contribution < -0.4 is 9.47 Å². The summed E-state index contributed by atoms with van der Waals surface area (Å²) in [6.45, 7) is 17.9. The Hall–Kier alpha value is -6.20. The molecule has 6 aromatic rings. The quantitative estimate of drug-likeness (QED) is 0.122. The van der Waals surface area contributed by atoms with Crippen molar-refractivity contribution in [1.29, 1.82) is 0 Å². The van der Waals surface area contributed by atoms with Crippen molar-refractivity contribution in [3.63, 3.8) is 0 Å². The van der Waals surface area contributed by atoms with Crippen LogP contribution in [0.3, 0.4) is 0 Å². The number of carboxylic acids is 1. The van der Waals surface area contributed by atoms with Crippen molar-refractivity contribution in [3.05, 3.63) is 143 Å². The van der Waals surface area contributed by atoms with Crippen molar-refractivity contribution in [2.45, 2.75) is 85.5 Å². The number of carbonyl (C=O) groups excluding carboxylic acids is 1. The maximum Gasteiger partial charge on any atom is 0.415 e. The van der Waals surface area contributed by atoms with Crippen LogP contribution in [0, 0.1) is 25.7 Å². The fraction of sp³-hybridized carbons (Fsp3) is 0.373. The van der Waals surface area contributed by atoms with Gasteiger partial charge in [-0.25, -0.2) is 14.8 Å². The number of nitrogens with zero attached hydrogens (tertiary/aromatic N) is 3. The van der Waals surface area contributed by atoms with Gasteiger partial charge < -0.3 is 33.4 Å². The third kappa shape index (κ3) is 11.8. The van der Waals surface area contributed by atoms with Crippen LogP contribution in [0.5, 0.6) is 11.5 Å². The van der Waals surface area contributed by atoms with E-state index in [1.807, 2.05) is 68.4 Å². The summed E-state index contributed by atoms with van der Waals surface area (Å²) >= 11 is 0. The average Bonchev–Trinajstić information content (AvgIpc) is 3.95. The lowest BCUT2D eigenvalue weighted by Gasteiger charge is -2.18. The number of oxazole rings is 2. The minimum Gasteiger partial charge on any atom is -0.493 e. The van der Waals surface area contributed by atoms with Gasteiger partial charge in [0.25, 0.3) is 0 Å². The van der Waals surface area contributed by atoms with Gasteiger partial charge in [-0.1, -0.05) is 96.1 Å². The minimum atomic E-state index is -0.909. The van der Waals surface area contributed by atoms with E-state index in [1.165, 1.54) is 16.0 Å². The number of para-hydroxylation sites is 1. The number of hydrogen-bond donors (Lipinski definition) is 2. The van der Waals surface area contributed by atoms with Crippen LogP contribution in [0.25, 0.3) is 22.9 Å². The molecule has 1 saturated heterocycles. The van der Waals surface area contributed by atoms with Crippen molar-refractivity contribution in [2.75, 3.05) is 26.3 Å². The molecule has 1 aliphatic heterocycles. The van der Waals surface area contributed by atoms with Gasteiger partial charge in [-0.15, -0.1) is 0 Å². The molecule has 3 heterocycles. The van der Waals surface area contributed by atoms with Crippen molar-refractivity contribution >= 4 is 12.1 Å². The van der Waals surface area contributed by atoms with Crippen LogP contribution in [0.15, 0.2) is 112 Å². The highest BCUT2D eigenvalue weighted by Gasteiger charge is 2.40.